The molecule has 7 nitrogen and oxygen atoms in total. The van der Waals surface area contributed by atoms with E-state index in [1.54, 1.807) is 6.07 Å². The third-order valence-electron chi connectivity index (χ3n) is 4.72. The first-order valence-electron chi connectivity index (χ1n) is 8.58. The minimum atomic E-state index is -0.924. The Bertz CT molecular complexity index is 806. The van der Waals surface area contributed by atoms with Crippen LogP contribution in [0, 0.1) is 0 Å². The third-order valence-corrected chi connectivity index (χ3v) is 4.72. The lowest BCUT2D eigenvalue weighted by atomic mass is 10.0. The smallest absolute Gasteiger partial charge is 0.407 e. The van der Waals surface area contributed by atoms with Crippen molar-refractivity contribution in [1.29, 1.82) is 0 Å². The Labute approximate surface area is 151 Å². The Balaban J connectivity index is 1.49. The molecule has 4 rings (SSSR count). The molecule has 2 fully saturated rings. The second-order valence-electron chi connectivity index (χ2n) is 6.39. The quantitative estimate of drug-likeness (QED) is 0.907. The van der Waals surface area contributed by atoms with Gasteiger partial charge in [0.2, 0.25) is 5.88 Å². The standard InChI is InChI=1S/C19H20N2O5/c1-12-16(11-21(12)19(22)23)26-17-7-3-6-15(20-17)13-4-2-5-14(10-13)18-24-8-9-25-18/h2-7,10,12,16,18H,8-9,11H2,1H3,(H,22,23). The number of benzene rings is 1. The molecule has 0 bridgehead atoms. The summed E-state index contributed by atoms with van der Waals surface area (Å²) >= 11 is 0. The molecule has 1 aromatic heterocycles. The van der Waals surface area contributed by atoms with Gasteiger partial charge in [0.05, 0.1) is 31.5 Å². The number of amides is 1. The molecule has 3 heterocycles. The molecule has 0 aliphatic carbocycles. The molecule has 2 aromatic rings. The molecule has 1 aromatic carbocycles. The van der Waals surface area contributed by atoms with Crippen LogP contribution in [0.2, 0.25) is 0 Å². The number of hydrogen-bond acceptors (Lipinski definition) is 5. The van der Waals surface area contributed by atoms with E-state index in [2.05, 4.69) is 4.98 Å². The Kier molecular flexibility index (Phi) is 4.48. The van der Waals surface area contributed by atoms with Crippen molar-refractivity contribution in [2.24, 2.45) is 0 Å². The molecular weight excluding hydrogens is 336 g/mol. The summed E-state index contributed by atoms with van der Waals surface area (Å²) in [6.07, 6.45) is -1.43. The largest absolute Gasteiger partial charge is 0.470 e. The van der Waals surface area contributed by atoms with Crippen molar-refractivity contribution < 1.29 is 24.1 Å². The van der Waals surface area contributed by atoms with Gasteiger partial charge in [-0.2, -0.15) is 0 Å². The van der Waals surface area contributed by atoms with Gasteiger partial charge in [-0.3, -0.25) is 4.90 Å². The van der Waals surface area contributed by atoms with Crippen molar-refractivity contribution in [3.05, 3.63) is 48.0 Å². The Morgan fingerprint density at radius 2 is 2.00 bits per heavy atom. The van der Waals surface area contributed by atoms with E-state index >= 15 is 0 Å². The summed E-state index contributed by atoms with van der Waals surface area (Å²) < 4.78 is 17.0. The molecule has 2 atom stereocenters. The average molecular weight is 356 g/mol. The number of rotatable bonds is 4. The number of aromatic nitrogens is 1. The van der Waals surface area contributed by atoms with Crippen molar-refractivity contribution in [1.82, 2.24) is 9.88 Å². The fourth-order valence-corrected chi connectivity index (χ4v) is 3.16. The number of hydrogen-bond donors (Lipinski definition) is 1. The maximum atomic E-state index is 11.0. The number of pyridine rings is 1. The third kappa shape index (κ3) is 3.23. The summed E-state index contributed by atoms with van der Waals surface area (Å²) in [4.78, 5) is 16.9. The molecule has 2 aliphatic rings. The van der Waals surface area contributed by atoms with Gasteiger partial charge in [-0.1, -0.05) is 24.3 Å². The van der Waals surface area contributed by atoms with Crippen LogP contribution in [0.3, 0.4) is 0 Å². The second kappa shape index (κ2) is 6.93. The molecule has 26 heavy (non-hydrogen) atoms. The maximum Gasteiger partial charge on any atom is 0.407 e. The Hall–Kier alpha value is -2.64. The average Bonchev–Trinajstić information content (AvgIpc) is 3.19. The zero-order valence-corrected chi connectivity index (χ0v) is 14.4. The normalized spacial score (nSPS) is 22.9. The van der Waals surface area contributed by atoms with Crippen LogP contribution >= 0.6 is 0 Å². The van der Waals surface area contributed by atoms with Crippen molar-refractivity contribution in [2.45, 2.75) is 25.4 Å². The number of likely N-dealkylation sites (tertiary alicyclic amines) is 1. The van der Waals surface area contributed by atoms with Crippen LogP contribution in [-0.2, 0) is 9.47 Å². The molecule has 1 amide bonds. The number of nitrogens with zero attached hydrogens (tertiary/aromatic N) is 2. The highest BCUT2D eigenvalue weighted by Crippen LogP contribution is 2.29. The summed E-state index contributed by atoms with van der Waals surface area (Å²) in [5, 5.41) is 9.03. The first kappa shape index (κ1) is 16.8. The number of carboxylic acid groups (broad SMARTS) is 1. The lowest BCUT2D eigenvalue weighted by Gasteiger charge is -2.43. The van der Waals surface area contributed by atoms with E-state index < -0.39 is 6.09 Å². The first-order valence-corrected chi connectivity index (χ1v) is 8.58. The molecule has 2 aliphatic heterocycles. The molecule has 0 saturated carbocycles. The molecule has 2 unspecified atom stereocenters. The lowest BCUT2D eigenvalue weighted by molar-refractivity contribution is -0.0440. The molecule has 136 valence electrons. The van der Waals surface area contributed by atoms with E-state index in [1.165, 1.54) is 4.90 Å². The Morgan fingerprint density at radius 1 is 1.23 bits per heavy atom. The highest BCUT2D eigenvalue weighted by molar-refractivity contribution is 5.67. The van der Waals surface area contributed by atoms with Crippen molar-refractivity contribution in [2.75, 3.05) is 19.8 Å². The molecule has 0 radical (unpaired) electrons. The van der Waals surface area contributed by atoms with Crippen LogP contribution in [0.5, 0.6) is 5.88 Å². The van der Waals surface area contributed by atoms with E-state index in [0.29, 0.717) is 25.6 Å². The number of carbonyl (C=O) groups is 1. The summed E-state index contributed by atoms with van der Waals surface area (Å²) in [6, 6.07) is 13.3. The highest BCUT2D eigenvalue weighted by Gasteiger charge is 2.40. The van der Waals surface area contributed by atoms with Crippen molar-refractivity contribution in [3.63, 3.8) is 0 Å². The maximum absolute atomic E-state index is 11.0. The van der Waals surface area contributed by atoms with E-state index in [0.717, 1.165) is 16.8 Å². The van der Waals surface area contributed by atoms with Crippen LogP contribution in [0.1, 0.15) is 18.8 Å². The van der Waals surface area contributed by atoms with Gasteiger partial charge in [0, 0.05) is 17.2 Å². The van der Waals surface area contributed by atoms with E-state index in [4.69, 9.17) is 19.3 Å². The highest BCUT2D eigenvalue weighted by atomic mass is 16.7. The topological polar surface area (TPSA) is 81.1 Å². The monoisotopic (exact) mass is 356 g/mol. The van der Waals surface area contributed by atoms with Gasteiger partial charge in [-0.15, -0.1) is 0 Å². The van der Waals surface area contributed by atoms with Gasteiger partial charge in [0.25, 0.3) is 0 Å². The zero-order valence-electron chi connectivity index (χ0n) is 14.4. The predicted molar refractivity (Wildman–Crippen MR) is 92.9 cm³/mol. The lowest BCUT2D eigenvalue weighted by Crippen LogP contribution is -2.62. The molecule has 1 N–H and O–H groups in total. The van der Waals surface area contributed by atoms with Crippen molar-refractivity contribution in [3.8, 4) is 17.1 Å². The summed E-state index contributed by atoms with van der Waals surface area (Å²) in [5.74, 6) is 0.489. The summed E-state index contributed by atoms with van der Waals surface area (Å²) in [7, 11) is 0. The predicted octanol–water partition coefficient (Wildman–Crippen LogP) is 2.92. The van der Waals surface area contributed by atoms with Gasteiger partial charge in [0.1, 0.15) is 6.10 Å². The Morgan fingerprint density at radius 3 is 2.73 bits per heavy atom. The second-order valence-corrected chi connectivity index (χ2v) is 6.39. The van der Waals surface area contributed by atoms with E-state index in [1.807, 2.05) is 43.3 Å². The van der Waals surface area contributed by atoms with E-state index in [9.17, 15) is 4.79 Å². The van der Waals surface area contributed by atoms with Crippen molar-refractivity contribution >= 4 is 6.09 Å². The minimum absolute atomic E-state index is 0.180. The SMILES string of the molecule is CC1C(Oc2cccc(-c3cccc(C4OCCO4)c3)n2)CN1C(=O)O. The first-order chi connectivity index (χ1) is 12.6. The summed E-state index contributed by atoms with van der Waals surface area (Å²) in [6.45, 7) is 3.39. The van der Waals surface area contributed by atoms with Gasteiger partial charge in [-0.05, 0) is 19.1 Å². The fraction of sp³-hybridized carbons (Fsp3) is 0.368. The molecule has 2 saturated heterocycles. The zero-order chi connectivity index (χ0) is 18.1. The van der Waals surface area contributed by atoms with Gasteiger partial charge >= 0.3 is 6.09 Å². The molecule has 7 heteroatoms. The van der Waals surface area contributed by atoms with Crippen LogP contribution in [0.15, 0.2) is 42.5 Å². The number of ether oxygens (including phenoxy) is 3. The molecular formula is C19H20N2O5. The van der Waals surface area contributed by atoms with Crippen LogP contribution < -0.4 is 4.74 Å². The van der Waals surface area contributed by atoms with Gasteiger partial charge < -0.3 is 19.3 Å². The van der Waals surface area contributed by atoms with Crippen LogP contribution in [-0.4, -0.2) is 53.0 Å². The van der Waals surface area contributed by atoms with Gasteiger partial charge in [-0.25, -0.2) is 9.78 Å². The van der Waals surface area contributed by atoms with Crippen LogP contribution in [0.25, 0.3) is 11.3 Å². The molecule has 0 spiro atoms. The van der Waals surface area contributed by atoms with Crippen LogP contribution in [0.4, 0.5) is 4.79 Å². The fourth-order valence-electron chi connectivity index (χ4n) is 3.16. The minimum Gasteiger partial charge on any atom is -0.470 e. The van der Waals surface area contributed by atoms with Gasteiger partial charge in [0.15, 0.2) is 6.29 Å². The summed E-state index contributed by atoms with van der Waals surface area (Å²) in [5.41, 5.74) is 2.68. The van der Waals surface area contributed by atoms with E-state index in [-0.39, 0.29) is 18.4 Å².